The molecule has 1 aromatic carbocycles. The van der Waals surface area contributed by atoms with Crippen LogP contribution >= 0.6 is 0 Å². The van der Waals surface area contributed by atoms with Gasteiger partial charge in [-0.25, -0.2) is 0 Å². The summed E-state index contributed by atoms with van der Waals surface area (Å²) < 4.78 is 5.60. The normalized spacial score (nSPS) is 9.62. The Bertz CT molecular complexity index is 249. The fourth-order valence-electron chi connectivity index (χ4n) is 1.30. The van der Waals surface area contributed by atoms with E-state index < -0.39 is 0 Å². The molecule has 0 saturated carbocycles. The van der Waals surface area contributed by atoms with Crippen molar-refractivity contribution in [3.05, 3.63) is 29.8 Å². The molecule has 1 nitrogen and oxygen atoms in total. The van der Waals surface area contributed by atoms with Gasteiger partial charge in [0.25, 0.3) is 0 Å². The fraction of sp³-hybridized carbons (Fsp3) is 0.600. The lowest BCUT2D eigenvalue weighted by Gasteiger charge is -2.08. The number of ether oxygens (including phenoxy) is 1. The van der Waals surface area contributed by atoms with Crippen molar-refractivity contribution >= 4 is 0 Å². The van der Waals surface area contributed by atoms with E-state index in [0.717, 1.165) is 18.8 Å². The Morgan fingerprint density at radius 3 is 2.06 bits per heavy atom. The highest BCUT2D eigenvalue weighted by atomic mass is 16.5. The third kappa shape index (κ3) is 6.49. The second-order valence-electron chi connectivity index (χ2n) is 4.10. The van der Waals surface area contributed by atoms with E-state index in [1.165, 1.54) is 12.0 Å². The average Bonchev–Trinajstić information content (AvgIpc) is 2.31. The standard InChI is InChI=1S/C13H20O.C2H6/c1-4-5-12-6-8-13(9-7-12)14-10-11(2)3;1-2/h6-9,11H,4-5,10H2,1-3H3;1-2H3. The van der Waals surface area contributed by atoms with Crippen LogP contribution < -0.4 is 4.74 Å². The van der Waals surface area contributed by atoms with Crippen LogP contribution in [0, 0.1) is 5.92 Å². The summed E-state index contributed by atoms with van der Waals surface area (Å²) in [6.07, 6.45) is 2.36. The van der Waals surface area contributed by atoms with Crippen molar-refractivity contribution in [2.45, 2.75) is 47.5 Å². The Balaban J connectivity index is 0.00000106. The summed E-state index contributed by atoms with van der Waals surface area (Å²) in [4.78, 5) is 0. The van der Waals surface area contributed by atoms with Crippen molar-refractivity contribution in [1.29, 1.82) is 0 Å². The monoisotopic (exact) mass is 222 g/mol. The van der Waals surface area contributed by atoms with Gasteiger partial charge in [-0.15, -0.1) is 0 Å². The molecule has 1 rings (SSSR count). The van der Waals surface area contributed by atoms with Crippen molar-refractivity contribution in [2.24, 2.45) is 5.92 Å². The highest BCUT2D eigenvalue weighted by Gasteiger charge is 1.97. The topological polar surface area (TPSA) is 9.23 Å². The SMILES string of the molecule is CC.CCCc1ccc(OCC(C)C)cc1. The van der Waals surface area contributed by atoms with E-state index in [2.05, 4.69) is 45.0 Å². The van der Waals surface area contributed by atoms with Gasteiger partial charge in [0.05, 0.1) is 6.61 Å². The smallest absolute Gasteiger partial charge is 0.119 e. The molecule has 0 heterocycles. The summed E-state index contributed by atoms with van der Waals surface area (Å²) in [5.74, 6) is 1.57. The maximum Gasteiger partial charge on any atom is 0.119 e. The van der Waals surface area contributed by atoms with Crippen molar-refractivity contribution in [3.63, 3.8) is 0 Å². The van der Waals surface area contributed by atoms with Gasteiger partial charge in [0, 0.05) is 0 Å². The van der Waals surface area contributed by atoms with Gasteiger partial charge in [-0.2, -0.15) is 0 Å². The zero-order chi connectivity index (χ0) is 12.4. The molecule has 0 aliphatic carbocycles. The summed E-state index contributed by atoms with van der Waals surface area (Å²) in [5, 5.41) is 0. The predicted molar refractivity (Wildman–Crippen MR) is 72.1 cm³/mol. The first-order valence-electron chi connectivity index (χ1n) is 6.44. The second kappa shape index (κ2) is 9.26. The molecule has 1 aromatic rings. The second-order valence-corrected chi connectivity index (χ2v) is 4.10. The Kier molecular flexibility index (Phi) is 8.69. The van der Waals surface area contributed by atoms with Crippen LogP contribution in [0.2, 0.25) is 0 Å². The van der Waals surface area contributed by atoms with Gasteiger partial charge in [-0.05, 0) is 30.0 Å². The first-order valence-corrected chi connectivity index (χ1v) is 6.44. The summed E-state index contributed by atoms with van der Waals surface area (Å²) >= 11 is 0. The molecule has 0 fully saturated rings. The third-order valence-electron chi connectivity index (χ3n) is 2.05. The summed E-state index contributed by atoms with van der Waals surface area (Å²) in [7, 11) is 0. The molecule has 0 N–H and O–H groups in total. The van der Waals surface area contributed by atoms with Gasteiger partial charge in [0.1, 0.15) is 5.75 Å². The van der Waals surface area contributed by atoms with Gasteiger partial charge in [0.2, 0.25) is 0 Å². The first-order chi connectivity index (χ1) is 7.72. The molecule has 0 spiro atoms. The van der Waals surface area contributed by atoms with Crippen LogP contribution in [0.15, 0.2) is 24.3 Å². The number of rotatable bonds is 5. The molecule has 16 heavy (non-hydrogen) atoms. The van der Waals surface area contributed by atoms with Crippen molar-refractivity contribution < 1.29 is 4.74 Å². The van der Waals surface area contributed by atoms with Gasteiger partial charge in [-0.3, -0.25) is 0 Å². The van der Waals surface area contributed by atoms with Crippen molar-refractivity contribution in [3.8, 4) is 5.75 Å². The van der Waals surface area contributed by atoms with Crippen LogP contribution in [0.3, 0.4) is 0 Å². The van der Waals surface area contributed by atoms with E-state index >= 15 is 0 Å². The summed E-state index contributed by atoms with van der Waals surface area (Å²) in [5.41, 5.74) is 1.39. The molecular weight excluding hydrogens is 196 g/mol. The van der Waals surface area contributed by atoms with E-state index in [9.17, 15) is 0 Å². The van der Waals surface area contributed by atoms with Gasteiger partial charge in [-0.1, -0.05) is 53.2 Å². The van der Waals surface area contributed by atoms with Crippen LogP contribution in [0.25, 0.3) is 0 Å². The molecule has 0 atom stereocenters. The first kappa shape index (κ1) is 15.0. The van der Waals surface area contributed by atoms with Crippen LogP contribution in [-0.2, 0) is 6.42 Å². The van der Waals surface area contributed by atoms with Gasteiger partial charge >= 0.3 is 0 Å². The van der Waals surface area contributed by atoms with E-state index in [1.54, 1.807) is 0 Å². The third-order valence-corrected chi connectivity index (χ3v) is 2.05. The molecule has 0 radical (unpaired) electrons. The van der Waals surface area contributed by atoms with Crippen LogP contribution in [0.4, 0.5) is 0 Å². The van der Waals surface area contributed by atoms with Crippen LogP contribution in [0.1, 0.15) is 46.6 Å². The van der Waals surface area contributed by atoms with Gasteiger partial charge in [0.15, 0.2) is 0 Å². The molecule has 0 aromatic heterocycles. The summed E-state index contributed by atoms with van der Waals surface area (Å²) in [6, 6.07) is 8.43. The molecule has 0 amide bonds. The van der Waals surface area contributed by atoms with Gasteiger partial charge < -0.3 is 4.74 Å². The highest BCUT2D eigenvalue weighted by Crippen LogP contribution is 2.14. The zero-order valence-corrected chi connectivity index (χ0v) is 11.4. The lowest BCUT2D eigenvalue weighted by atomic mass is 10.1. The Labute approximate surface area is 101 Å². The molecule has 0 bridgehead atoms. The Hall–Kier alpha value is -0.980. The number of hydrogen-bond acceptors (Lipinski definition) is 1. The molecular formula is C15H26O. The minimum atomic E-state index is 0.588. The lowest BCUT2D eigenvalue weighted by Crippen LogP contribution is -2.04. The van der Waals surface area contributed by atoms with E-state index in [0.29, 0.717) is 5.92 Å². The summed E-state index contributed by atoms with van der Waals surface area (Å²) in [6.45, 7) is 11.3. The Morgan fingerprint density at radius 1 is 1.06 bits per heavy atom. The largest absolute Gasteiger partial charge is 0.493 e. The maximum absolute atomic E-state index is 5.60. The van der Waals surface area contributed by atoms with E-state index in [4.69, 9.17) is 4.74 Å². The quantitative estimate of drug-likeness (QED) is 0.701. The molecule has 0 saturated heterocycles. The fourth-order valence-corrected chi connectivity index (χ4v) is 1.30. The van der Waals surface area contributed by atoms with Crippen LogP contribution in [-0.4, -0.2) is 6.61 Å². The number of benzene rings is 1. The highest BCUT2D eigenvalue weighted by molar-refractivity contribution is 5.27. The molecule has 1 heteroatoms. The minimum absolute atomic E-state index is 0.588. The van der Waals surface area contributed by atoms with E-state index in [-0.39, 0.29) is 0 Å². The van der Waals surface area contributed by atoms with E-state index in [1.807, 2.05) is 13.8 Å². The van der Waals surface area contributed by atoms with Crippen LogP contribution in [0.5, 0.6) is 5.75 Å². The lowest BCUT2D eigenvalue weighted by molar-refractivity contribution is 0.271. The van der Waals surface area contributed by atoms with Crippen molar-refractivity contribution in [2.75, 3.05) is 6.61 Å². The van der Waals surface area contributed by atoms with Crippen molar-refractivity contribution in [1.82, 2.24) is 0 Å². The molecule has 0 unspecified atom stereocenters. The molecule has 92 valence electrons. The minimum Gasteiger partial charge on any atom is -0.493 e. The number of hydrogen-bond donors (Lipinski definition) is 0. The average molecular weight is 222 g/mol. The molecule has 0 aliphatic heterocycles. The Morgan fingerprint density at radius 2 is 1.62 bits per heavy atom. The maximum atomic E-state index is 5.60. The zero-order valence-electron chi connectivity index (χ0n) is 11.4. The predicted octanol–water partition coefficient (Wildman–Crippen LogP) is 4.70. The number of aryl methyl sites for hydroxylation is 1. The molecule has 0 aliphatic rings.